The first-order valence-corrected chi connectivity index (χ1v) is 8.90. The van der Waals surface area contributed by atoms with Crippen LogP contribution in [0.2, 0.25) is 0 Å². The van der Waals surface area contributed by atoms with Gasteiger partial charge in [-0.05, 0) is 55.3 Å². The highest BCUT2D eigenvalue weighted by Crippen LogP contribution is 2.16. The van der Waals surface area contributed by atoms with Gasteiger partial charge in [-0.15, -0.1) is 0 Å². The zero-order valence-corrected chi connectivity index (χ0v) is 17.1. The number of halogens is 2. The number of rotatable bonds is 5. The number of aromatic nitrogens is 4. The highest BCUT2D eigenvalue weighted by molar-refractivity contribution is 9.10. The number of nitrogens with one attached hydrogen (secondary N) is 1. The van der Waals surface area contributed by atoms with E-state index in [-0.39, 0.29) is 18.7 Å². The summed E-state index contributed by atoms with van der Waals surface area (Å²) < 4.78 is 21.3. The maximum Gasteiger partial charge on any atom is 0.407 e. The van der Waals surface area contributed by atoms with Crippen molar-refractivity contribution in [3.05, 3.63) is 51.0 Å². The summed E-state index contributed by atoms with van der Waals surface area (Å²) in [6.45, 7) is 6.81. The van der Waals surface area contributed by atoms with Gasteiger partial charge < -0.3 is 10.1 Å². The van der Waals surface area contributed by atoms with Crippen LogP contribution in [0, 0.1) is 6.92 Å². The molecule has 0 aromatic carbocycles. The van der Waals surface area contributed by atoms with Gasteiger partial charge in [0.05, 0.1) is 12.9 Å². The molecule has 0 radical (unpaired) electrons. The third kappa shape index (κ3) is 5.75. The number of carbonyl (C=O) groups excluding carboxylic acids is 1. The highest BCUT2D eigenvalue weighted by Gasteiger charge is 2.16. The molecule has 0 atom stereocenters. The Morgan fingerprint density at radius 2 is 2.15 bits per heavy atom. The maximum atomic E-state index is 13.1. The van der Waals surface area contributed by atoms with Crippen LogP contribution in [0.1, 0.15) is 26.3 Å². The molecule has 8 nitrogen and oxygen atoms in total. The lowest BCUT2D eigenvalue weighted by atomic mass is 10.1. The molecule has 27 heavy (non-hydrogen) atoms. The molecule has 0 fully saturated rings. The van der Waals surface area contributed by atoms with E-state index in [0.29, 0.717) is 12.1 Å². The number of hydrogen-bond donors (Lipinski definition) is 1. The van der Waals surface area contributed by atoms with E-state index in [9.17, 15) is 14.0 Å². The zero-order chi connectivity index (χ0) is 20.2. The first kappa shape index (κ1) is 20.8. The lowest BCUT2D eigenvalue weighted by molar-refractivity contribution is 0.145. The molecule has 0 aliphatic heterocycles. The average Bonchev–Trinajstić information content (AvgIpc) is 2.93. The Morgan fingerprint density at radius 3 is 2.74 bits per heavy atom. The minimum atomic E-state index is -0.672. The summed E-state index contributed by atoms with van der Waals surface area (Å²) in [5, 5.41) is 6.57. The van der Waals surface area contributed by atoms with Gasteiger partial charge >= 0.3 is 11.8 Å². The molecule has 2 aromatic heterocycles. The number of pyridine rings is 1. The molecule has 0 spiro atoms. The normalized spacial score (nSPS) is 12.1. The third-order valence-electron chi connectivity index (χ3n) is 3.39. The van der Waals surface area contributed by atoms with E-state index in [1.165, 1.54) is 10.9 Å². The van der Waals surface area contributed by atoms with Crippen molar-refractivity contribution in [2.24, 2.45) is 0 Å². The summed E-state index contributed by atoms with van der Waals surface area (Å²) in [4.78, 5) is 28.3. The van der Waals surface area contributed by atoms with E-state index < -0.39 is 17.3 Å². The Kier molecular flexibility index (Phi) is 6.53. The molecule has 0 aliphatic carbocycles. The van der Waals surface area contributed by atoms with Gasteiger partial charge in [-0.2, -0.15) is 5.10 Å². The molecular formula is C17H21BrFN5O3. The van der Waals surface area contributed by atoms with E-state index in [4.69, 9.17) is 4.74 Å². The average molecular weight is 442 g/mol. The Balaban J connectivity index is 2.08. The molecule has 1 amide bonds. The molecule has 2 aromatic rings. The van der Waals surface area contributed by atoms with Crippen molar-refractivity contribution in [3.8, 4) is 5.82 Å². The Labute approximate surface area is 164 Å². The van der Waals surface area contributed by atoms with Crippen LogP contribution in [-0.2, 0) is 11.3 Å². The van der Waals surface area contributed by atoms with Gasteiger partial charge in [-0.3, -0.25) is 0 Å². The lowest BCUT2D eigenvalue weighted by Crippen LogP contribution is -2.41. The Hall–Kier alpha value is -2.49. The number of aryl methyl sites for hydroxylation is 1. The maximum absolute atomic E-state index is 13.1. The van der Waals surface area contributed by atoms with E-state index >= 15 is 0 Å². The van der Waals surface area contributed by atoms with Crippen molar-refractivity contribution < 1.29 is 13.9 Å². The van der Waals surface area contributed by atoms with E-state index in [1.807, 2.05) is 6.92 Å². The summed E-state index contributed by atoms with van der Waals surface area (Å²) >= 11 is 3.35. The number of amides is 1. The second-order valence-electron chi connectivity index (χ2n) is 6.95. The summed E-state index contributed by atoms with van der Waals surface area (Å²) in [5.41, 5.74) is 0.0404. The fourth-order valence-corrected chi connectivity index (χ4v) is 2.28. The molecule has 0 bridgehead atoms. The van der Waals surface area contributed by atoms with Crippen molar-refractivity contribution in [2.75, 3.05) is 6.61 Å². The monoisotopic (exact) mass is 441 g/mol. The summed E-state index contributed by atoms with van der Waals surface area (Å²) in [6, 6.07) is 1.73. The lowest BCUT2D eigenvalue weighted by Gasteiger charge is -2.20. The van der Waals surface area contributed by atoms with Gasteiger partial charge in [-0.1, -0.05) is 0 Å². The molecule has 0 saturated heterocycles. The molecule has 0 saturated carbocycles. The van der Waals surface area contributed by atoms with Gasteiger partial charge in [0.15, 0.2) is 0 Å². The summed E-state index contributed by atoms with van der Waals surface area (Å²) in [7, 11) is 0. The van der Waals surface area contributed by atoms with Gasteiger partial charge in [-0.25, -0.2) is 28.2 Å². The van der Waals surface area contributed by atoms with Crippen LogP contribution in [0.25, 0.3) is 5.82 Å². The predicted molar refractivity (Wildman–Crippen MR) is 101 cm³/mol. The standard InChI is InChI=1S/C17H21BrFN5O3/c1-11-5-14(20-7-13(11)18)23-10-21-24(16(23)26)8-12(6-19)9-27-15(25)22-17(2,3)4/h5-7,10H,8-9H2,1-4H3,(H,22,25)/b12-6+. The molecule has 2 heterocycles. The van der Waals surface area contributed by atoms with Gasteiger partial charge in [0.2, 0.25) is 0 Å². The van der Waals surface area contributed by atoms with Crippen LogP contribution in [0.4, 0.5) is 9.18 Å². The number of nitrogens with zero attached hydrogens (tertiary/aromatic N) is 4. The quantitative estimate of drug-likeness (QED) is 0.769. The molecule has 0 aliphatic rings. The van der Waals surface area contributed by atoms with Gasteiger partial charge in [0.1, 0.15) is 18.8 Å². The summed E-state index contributed by atoms with van der Waals surface area (Å²) in [6.07, 6.45) is 2.52. The van der Waals surface area contributed by atoms with Crippen LogP contribution < -0.4 is 11.0 Å². The molecular weight excluding hydrogens is 421 g/mol. The molecule has 2 rings (SSSR count). The summed E-state index contributed by atoms with van der Waals surface area (Å²) in [5.74, 6) is 0.401. The van der Waals surface area contributed by atoms with Crippen LogP contribution >= 0.6 is 15.9 Å². The topological polar surface area (TPSA) is 91.0 Å². The smallest absolute Gasteiger partial charge is 0.407 e. The molecule has 10 heteroatoms. The van der Waals surface area contributed by atoms with E-state index in [0.717, 1.165) is 14.7 Å². The van der Waals surface area contributed by atoms with Crippen molar-refractivity contribution >= 4 is 22.0 Å². The van der Waals surface area contributed by atoms with Crippen LogP contribution in [-0.4, -0.2) is 37.6 Å². The van der Waals surface area contributed by atoms with E-state index in [2.05, 4.69) is 31.3 Å². The molecule has 146 valence electrons. The van der Waals surface area contributed by atoms with E-state index in [1.54, 1.807) is 33.0 Å². The fourth-order valence-electron chi connectivity index (χ4n) is 2.06. The molecule has 0 unspecified atom stereocenters. The van der Waals surface area contributed by atoms with Crippen LogP contribution in [0.15, 0.2) is 39.8 Å². The first-order chi connectivity index (χ1) is 12.6. The second-order valence-corrected chi connectivity index (χ2v) is 7.81. The highest BCUT2D eigenvalue weighted by atomic mass is 79.9. The SMILES string of the molecule is Cc1cc(-n2cnn(C/C(=C\F)COC(=O)NC(C)(C)C)c2=O)ncc1Br. The number of alkyl carbamates (subject to hydrolysis) is 1. The largest absolute Gasteiger partial charge is 0.445 e. The van der Waals surface area contributed by atoms with Crippen molar-refractivity contribution in [3.63, 3.8) is 0 Å². The minimum Gasteiger partial charge on any atom is -0.445 e. The van der Waals surface area contributed by atoms with Crippen LogP contribution in [0.5, 0.6) is 0 Å². The third-order valence-corrected chi connectivity index (χ3v) is 4.22. The Bertz CT molecular complexity index is 914. The number of hydrogen-bond acceptors (Lipinski definition) is 5. The zero-order valence-electron chi connectivity index (χ0n) is 15.5. The number of carbonyl (C=O) groups is 1. The van der Waals surface area contributed by atoms with Crippen molar-refractivity contribution in [1.29, 1.82) is 0 Å². The van der Waals surface area contributed by atoms with Crippen LogP contribution in [0.3, 0.4) is 0 Å². The van der Waals surface area contributed by atoms with Crippen molar-refractivity contribution in [2.45, 2.75) is 39.8 Å². The fraction of sp³-hybridized carbons (Fsp3) is 0.412. The minimum absolute atomic E-state index is 0.0892. The molecule has 1 N–H and O–H groups in total. The second kappa shape index (κ2) is 8.47. The Morgan fingerprint density at radius 1 is 1.44 bits per heavy atom. The van der Waals surface area contributed by atoms with Crippen molar-refractivity contribution in [1.82, 2.24) is 24.6 Å². The van der Waals surface area contributed by atoms with Gasteiger partial charge in [0, 0.05) is 21.8 Å². The first-order valence-electron chi connectivity index (χ1n) is 8.11. The predicted octanol–water partition coefficient (Wildman–Crippen LogP) is 2.88. The number of ether oxygens (including phenoxy) is 1. The van der Waals surface area contributed by atoms with Gasteiger partial charge in [0.25, 0.3) is 0 Å².